The van der Waals surface area contributed by atoms with Crippen LogP contribution in [0.5, 0.6) is 5.75 Å². The number of sulfonamides is 1. The quantitative estimate of drug-likeness (QED) is 0.835. The number of nitrogens with zero attached hydrogens (tertiary/aromatic N) is 1. The molecular weight excluding hydrogens is 374 g/mol. The number of nitrogens with one attached hydrogen (secondary N) is 1. The largest absolute Gasteiger partial charge is 0.497 e. The van der Waals surface area contributed by atoms with E-state index in [-0.39, 0.29) is 10.1 Å². The number of carbonyl (C=O) groups is 1. The summed E-state index contributed by atoms with van der Waals surface area (Å²) in [6.07, 6.45) is 1.83. The summed E-state index contributed by atoms with van der Waals surface area (Å²) in [4.78, 5) is 16.8. The van der Waals surface area contributed by atoms with Gasteiger partial charge in [0.1, 0.15) is 11.6 Å². The van der Waals surface area contributed by atoms with Crippen LogP contribution in [-0.2, 0) is 10.0 Å². The minimum atomic E-state index is -3.76. The van der Waals surface area contributed by atoms with Gasteiger partial charge in [-0.15, -0.1) is 0 Å². The molecular formula is C17H15N3O4S2. The zero-order valence-electron chi connectivity index (χ0n) is 13.7. The molecule has 0 bridgehead atoms. The van der Waals surface area contributed by atoms with Crippen molar-refractivity contribution in [3.63, 3.8) is 0 Å². The van der Waals surface area contributed by atoms with Gasteiger partial charge in [-0.2, -0.15) is 0 Å². The van der Waals surface area contributed by atoms with Crippen LogP contribution in [0.15, 0.2) is 63.3 Å². The fraction of sp³-hybridized carbons (Fsp3) is 0.0588. The lowest BCUT2D eigenvalue weighted by atomic mass is 10.2. The first-order chi connectivity index (χ1) is 12.3. The van der Waals surface area contributed by atoms with Crippen molar-refractivity contribution in [3.05, 3.63) is 59.0 Å². The Balaban J connectivity index is 1.90. The summed E-state index contributed by atoms with van der Waals surface area (Å²) in [5, 5.41) is 7.52. The molecule has 0 unspecified atom stereocenters. The SMILES string of the molecule is COc1ccc(/C=C2\SC(=O)NC2=Nc2ccc(S(N)(=O)=O)cc2)cc1. The number of hydrogen-bond donors (Lipinski definition) is 2. The molecule has 0 saturated carbocycles. The normalized spacial score (nSPS) is 17.5. The summed E-state index contributed by atoms with van der Waals surface area (Å²) in [6.45, 7) is 0. The fourth-order valence-corrected chi connectivity index (χ4v) is 3.46. The summed E-state index contributed by atoms with van der Waals surface area (Å²) < 4.78 is 27.7. The molecule has 1 aliphatic heterocycles. The van der Waals surface area contributed by atoms with Gasteiger partial charge in [0.2, 0.25) is 10.0 Å². The van der Waals surface area contributed by atoms with Crippen LogP contribution in [0.2, 0.25) is 0 Å². The van der Waals surface area contributed by atoms with E-state index in [2.05, 4.69) is 10.3 Å². The lowest BCUT2D eigenvalue weighted by Crippen LogP contribution is -2.18. The Kier molecular flexibility index (Phi) is 5.12. The number of benzene rings is 2. The van der Waals surface area contributed by atoms with E-state index < -0.39 is 10.0 Å². The van der Waals surface area contributed by atoms with Crippen LogP contribution in [0.1, 0.15) is 5.56 Å². The van der Waals surface area contributed by atoms with Crippen LogP contribution in [-0.4, -0.2) is 26.6 Å². The molecule has 0 aliphatic carbocycles. The molecule has 1 aliphatic rings. The van der Waals surface area contributed by atoms with Gasteiger partial charge in [-0.25, -0.2) is 18.5 Å². The number of amidine groups is 1. The second-order valence-corrected chi connectivity index (χ2v) is 7.87. The van der Waals surface area contributed by atoms with Gasteiger partial charge in [-0.05, 0) is 59.8 Å². The number of amides is 1. The first kappa shape index (κ1) is 18.2. The van der Waals surface area contributed by atoms with Gasteiger partial charge in [-0.1, -0.05) is 12.1 Å². The highest BCUT2D eigenvalue weighted by atomic mass is 32.2. The third-order valence-corrected chi connectivity index (χ3v) is 5.22. The molecule has 1 amide bonds. The standard InChI is InChI=1S/C17H15N3O4S2/c1-24-13-6-2-11(3-7-13)10-15-16(20-17(21)25-15)19-12-4-8-14(9-5-12)26(18,22)23/h2-10H,1H3,(H2,18,22,23)(H,19,20,21)/b15-10-. The minimum Gasteiger partial charge on any atom is -0.497 e. The third-order valence-electron chi connectivity index (χ3n) is 3.48. The second kappa shape index (κ2) is 7.32. The fourth-order valence-electron chi connectivity index (χ4n) is 2.20. The first-order valence-corrected chi connectivity index (χ1v) is 9.78. The Labute approximate surface area is 155 Å². The van der Waals surface area contributed by atoms with Crippen LogP contribution >= 0.6 is 11.8 Å². The highest BCUT2D eigenvalue weighted by Gasteiger charge is 2.23. The predicted octanol–water partition coefficient (Wildman–Crippen LogP) is 2.87. The number of methoxy groups -OCH3 is 1. The van der Waals surface area contributed by atoms with Gasteiger partial charge in [0, 0.05) is 0 Å². The molecule has 1 saturated heterocycles. The molecule has 0 spiro atoms. The molecule has 7 nitrogen and oxygen atoms in total. The molecule has 9 heteroatoms. The van der Waals surface area contributed by atoms with Crippen LogP contribution in [0.3, 0.4) is 0 Å². The van der Waals surface area contributed by atoms with Crippen molar-refractivity contribution in [2.75, 3.05) is 7.11 Å². The molecule has 1 fully saturated rings. The van der Waals surface area contributed by atoms with Crippen molar-refractivity contribution in [3.8, 4) is 5.75 Å². The molecule has 2 aromatic rings. The molecule has 3 rings (SSSR count). The molecule has 0 atom stereocenters. The maximum absolute atomic E-state index is 11.7. The zero-order valence-corrected chi connectivity index (χ0v) is 15.3. The minimum absolute atomic E-state index is 0.000260. The summed E-state index contributed by atoms with van der Waals surface area (Å²) in [6, 6.07) is 13.2. The number of aliphatic imine (C=N–C) groups is 1. The maximum atomic E-state index is 11.7. The molecule has 2 aromatic carbocycles. The zero-order chi connectivity index (χ0) is 18.7. The predicted molar refractivity (Wildman–Crippen MR) is 102 cm³/mol. The van der Waals surface area contributed by atoms with E-state index in [1.54, 1.807) is 7.11 Å². The lowest BCUT2D eigenvalue weighted by Gasteiger charge is -2.02. The first-order valence-electron chi connectivity index (χ1n) is 7.42. The van der Waals surface area contributed by atoms with Crippen molar-refractivity contribution >= 4 is 44.6 Å². The van der Waals surface area contributed by atoms with E-state index >= 15 is 0 Å². The van der Waals surface area contributed by atoms with Crippen LogP contribution in [0.4, 0.5) is 10.5 Å². The molecule has 1 heterocycles. The van der Waals surface area contributed by atoms with Crippen LogP contribution in [0, 0.1) is 0 Å². The van der Waals surface area contributed by atoms with Gasteiger partial charge in [0.15, 0.2) is 0 Å². The molecule has 26 heavy (non-hydrogen) atoms. The number of carbonyl (C=O) groups excluding carboxylic acids is 1. The number of primary sulfonamides is 1. The highest BCUT2D eigenvalue weighted by molar-refractivity contribution is 8.18. The Morgan fingerprint density at radius 1 is 1.12 bits per heavy atom. The maximum Gasteiger partial charge on any atom is 0.289 e. The average molecular weight is 389 g/mol. The summed E-state index contributed by atoms with van der Waals surface area (Å²) >= 11 is 1.04. The van der Waals surface area contributed by atoms with E-state index in [4.69, 9.17) is 9.88 Å². The summed E-state index contributed by atoms with van der Waals surface area (Å²) in [5.41, 5.74) is 1.39. The molecule has 3 N–H and O–H groups in total. The third kappa shape index (κ3) is 4.31. The number of ether oxygens (including phenoxy) is 1. The van der Waals surface area contributed by atoms with Gasteiger partial charge in [-0.3, -0.25) is 4.79 Å². The summed E-state index contributed by atoms with van der Waals surface area (Å²) in [5.74, 6) is 1.14. The molecule has 0 aromatic heterocycles. The van der Waals surface area contributed by atoms with Crippen molar-refractivity contribution < 1.29 is 17.9 Å². The number of thioether (sulfide) groups is 1. The Bertz CT molecular complexity index is 995. The van der Waals surface area contributed by atoms with E-state index in [1.807, 2.05) is 30.3 Å². The van der Waals surface area contributed by atoms with E-state index in [9.17, 15) is 13.2 Å². The van der Waals surface area contributed by atoms with Gasteiger partial charge < -0.3 is 10.1 Å². The average Bonchev–Trinajstić information content (AvgIpc) is 2.94. The van der Waals surface area contributed by atoms with Gasteiger partial charge in [0.25, 0.3) is 5.24 Å². The van der Waals surface area contributed by atoms with Crippen molar-refractivity contribution in [1.29, 1.82) is 0 Å². The smallest absolute Gasteiger partial charge is 0.289 e. The van der Waals surface area contributed by atoms with Crippen LogP contribution in [0.25, 0.3) is 6.08 Å². The van der Waals surface area contributed by atoms with Crippen molar-refractivity contribution in [1.82, 2.24) is 5.32 Å². The van der Waals surface area contributed by atoms with E-state index in [0.717, 1.165) is 23.1 Å². The Hall–Kier alpha value is -2.62. The molecule has 134 valence electrons. The number of nitrogens with two attached hydrogens (primary N) is 1. The van der Waals surface area contributed by atoms with E-state index in [1.165, 1.54) is 24.3 Å². The van der Waals surface area contributed by atoms with Gasteiger partial charge >= 0.3 is 0 Å². The number of rotatable bonds is 4. The highest BCUT2D eigenvalue weighted by Crippen LogP contribution is 2.29. The Morgan fingerprint density at radius 3 is 2.35 bits per heavy atom. The monoisotopic (exact) mass is 389 g/mol. The van der Waals surface area contributed by atoms with E-state index in [0.29, 0.717) is 16.4 Å². The van der Waals surface area contributed by atoms with Crippen molar-refractivity contribution in [2.45, 2.75) is 4.90 Å². The Morgan fingerprint density at radius 2 is 1.77 bits per heavy atom. The topological polar surface area (TPSA) is 111 Å². The second-order valence-electron chi connectivity index (χ2n) is 5.30. The number of hydrogen-bond acceptors (Lipinski definition) is 6. The molecule has 0 radical (unpaired) electrons. The van der Waals surface area contributed by atoms with Gasteiger partial charge in [0.05, 0.1) is 22.6 Å². The summed E-state index contributed by atoms with van der Waals surface area (Å²) in [7, 11) is -2.16. The lowest BCUT2D eigenvalue weighted by molar-refractivity contribution is 0.265. The van der Waals surface area contributed by atoms with Crippen LogP contribution < -0.4 is 15.2 Å². The van der Waals surface area contributed by atoms with Crippen molar-refractivity contribution in [2.24, 2.45) is 10.1 Å².